The van der Waals surface area contributed by atoms with Crippen LogP contribution in [0.1, 0.15) is 35.7 Å². The van der Waals surface area contributed by atoms with E-state index in [2.05, 4.69) is 10.6 Å². The van der Waals surface area contributed by atoms with E-state index >= 15 is 0 Å². The molecule has 148 valence electrons. The number of nitro groups is 1. The summed E-state index contributed by atoms with van der Waals surface area (Å²) in [5.74, 6) is -1.40. The number of esters is 1. The van der Waals surface area contributed by atoms with Crippen molar-refractivity contribution >= 4 is 28.9 Å². The van der Waals surface area contributed by atoms with E-state index < -0.39 is 22.9 Å². The van der Waals surface area contributed by atoms with Crippen LogP contribution in [0, 0.1) is 21.4 Å². The summed E-state index contributed by atoms with van der Waals surface area (Å²) in [4.78, 5) is 35.3. The molecule has 0 heterocycles. The normalized spacial score (nSPS) is 13.7. The summed E-state index contributed by atoms with van der Waals surface area (Å²) < 4.78 is 5.14. The summed E-state index contributed by atoms with van der Waals surface area (Å²) in [5.41, 5.74) is 1.00. The number of nitrogens with zero attached hydrogens (tertiary/aromatic N) is 2. The van der Waals surface area contributed by atoms with Gasteiger partial charge >= 0.3 is 5.97 Å². The Hall–Kier alpha value is -3.93. The van der Waals surface area contributed by atoms with E-state index in [1.807, 2.05) is 6.07 Å². The number of hydrogen-bond donors (Lipinski definition) is 2. The van der Waals surface area contributed by atoms with Crippen LogP contribution in [-0.2, 0) is 9.53 Å². The van der Waals surface area contributed by atoms with Gasteiger partial charge in [-0.25, -0.2) is 4.79 Å². The summed E-state index contributed by atoms with van der Waals surface area (Å²) in [6.45, 7) is 1.40. The molecular formula is C20H18N4O5. The molecule has 0 unspecified atom stereocenters. The highest BCUT2D eigenvalue weighted by molar-refractivity contribution is 5.97. The zero-order valence-corrected chi connectivity index (χ0v) is 15.5. The van der Waals surface area contributed by atoms with Crippen molar-refractivity contribution in [2.45, 2.75) is 31.9 Å². The molecule has 0 saturated heterocycles. The van der Waals surface area contributed by atoms with E-state index in [-0.39, 0.29) is 17.3 Å². The summed E-state index contributed by atoms with van der Waals surface area (Å²) in [7, 11) is 0. The Labute approximate surface area is 166 Å². The number of ether oxygens (including phenoxy) is 1. The van der Waals surface area contributed by atoms with Crippen LogP contribution in [0.25, 0.3) is 0 Å². The molecule has 1 fully saturated rings. The highest BCUT2D eigenvalue weighted by Gasteiger charge is 2.26. The lowest BCUT2D eigenvalue weighted by molar-refractivity contribution is -0.384. The van der Waals surface area contributed by atoms with E-state index in [0.717, 1.165) is 18.9 Å². The van der Waals surface area contributed by atoms with Crippen molar-refractivity contribution in [3.05, 3.63) is 63.7 Å². The quantitative estimate of drug-likeness (QED) is 0.418. The molecule has 1 saturated carbocycles. The molecule has 2 aromatic rings. The third kappa shape index (κ3) is 5.07. The zero-order valence-electron chi connectivity index (χ0n) is 15.5. The fraction of sp³-hybridized carbons (Fsp3) is 0.250. The number of amides is 1. The van der Waals surface area contributed by atoms with Crippen molar-refractivity contribution in [1.82, 2.24) is 0 Å². The van der Waals surface area contributed by atoms with Crippen molar-refractivity contribution in [3.63, 3.8) is 0 Å². The highest BCUT2D eigenvalue weighted by atomic mass is 16.6. The SMILES string of the molecule is C[C@@H](OC(=O)c1ccc(NC2CC2)c([N+](=O)[O-])c1)C(=O)Nc1ccc(C#N)cc1. The highest BCUT2D eigenvalue weighted by Crippen LogP contribution is 2.31. The third-order valence-corrected chi connectivity index (χ3v) is 4.30. The molecule has 9 heteroatoms. The largest absolute Gasteiger partial charge is 0.449 e. The summed E-state index contributed by atoms with van der Waals surface area (Å²) in [5, 5.41) is 25.7. The molecule has 1 amide bonds. The molecule has 2 aromatic carbocycles. The molecular weight excluding hydrogens is 376 g/mol. The number of nitriles is 1. The lowest BCUT2D eigenvalue weighted by Crippen LogP contribution is -2.30. The number of rotatable bonds is 7. The van der Waals surface area contributed by atoms with Gasteiger partial charge in [0.25, 0.3) is 11.6 Å². The Kier molecular flexibility index (Phi) is 5.74. The minimum Gasteiger partial charge on any atom is -0.449 e. The Morgan fingerprint density at radius 3 is 2.52 bits per heavy atom. The molecule has 9 nitrogen and oxygen atoms in total. The summed E-state index contributed by atoms with van der Waals surface area (Å²) in [6.07, 6.45) is 0.779. The predicted octanol–water partition coefficient (Wildman–Crippen LogP) is 3.22. The van der Waals surface area contributed by atoms with Crippen molar-refractivity contribution < 1.29 is 19.2 Å². The van der Waals surface area contributed by atoms with Gasteiger partial charge in [0.15, 0.2) is 6.10 Å². The van der Waals surface area contributed by atoms with Gasteiger partial charge in [0.05, 0.1) is 22.1 Å². The minimum absolute atomic E-state index is 0.0175. The van der Waals surface area contributed by atoms with Crippen LogP contribution >= 0.6 is 0 Å². The van der Waals surface area contributed by atoms with E-state index in [1.54, 1.807) is 24.3 Å². The van der Waals surface area contributed by atoms with Gasteiger partial charge in [-0.3, -0.25) is 14.9 Å². The van der Waals surface area contributed by atoms with E-state index in [4.69, 9.17) is 10.00 Å². The minimum atomic E-state index is -1.12. The average Bonchev–Trinajstić information content (AvgIpc) is 3.52. The van der Waals surface area contributed by atoms with Gasteiger partial charge in [0.1, 0.15) is 5.69 Å². The number of anilines is 2. The van der Waals surface area contributed by atoms with Crippen LogP contribution in [-0.4, -0.2) is 28.9 Å². The van der Waals surface area contributed by atoms with Gasteiger partial charge < -0.3 is 15.4 Å². The molecule has 0 bridgehead atoms. The van der Waals surface area contributed by atoms with Crippen molar-refractivity contribution in [2.24, 2.45) is 0 Å². The first-order chi connectivity index (χ1) is 13.9. The second kappa shape index (κ2) is 8.39. The van der Waals surface area contributed by atoms with Crippen LogP contribution in [0.3, 0.4) is 0 Å². The lowest BCUT2D eigenvalue weighted by atomic mass is 10.1. The maximum absolute atomic E-state index is 12.3. The monoisotopic (exact) mass is 394 g/mol. The van der Waals surface area contributed by atoms with E-state index in [0.29, 0.717) is 16.9 Å². The molecule has 1 aliphatic carbocycles. The summed E-state index contributed by atoms with van der Waals surface area (Å²) in [6, 6.07) is 12.4. The van der Waals surface area contributed by atoms with Gasteiger partial charge in [-0.05, 0) is 56.2 Å². The number of carbonyl (C=O) groups excluding carboxylic acids is 2. The van der Waals surface area contributed by atoms with Gasteiger partial charge in [-0.15, -0.1) is 0 Å². The van der Waals surface area contributed by atoms with Gasteiger partial charge in [-0.2, -0.15) is 5.26 Å². The number of hydrogen-bond acceptors (Lipinski definition) is 7. The Morgan fingerprint density at radius 2 is 1.93 bits per heavy atom. The molecule has 0 aliphatic heterocycles. The van der Waals surface area contributed by atoms with E-state index in [9.17, 15) is 19.7 Å². The second-order valence-electron chi connectivity index (χ2n) is 6.63. The topological polar surface area (TPSA) is 134 Å². The van der Waals surface area contributed by atoms with Crippen LogP contribution in [0.5, 0.6) is 0 Å². The molecule has 0 aromatic heterocycles. The van der Waals surface area contributed by atoms with Crippen molar-refractivity contribution in [2.75, 3.05) is 10.6 Å². The van der Waals surface area contributed by atoms with Gasteiger partial charge in [-0.1, -0.05) is 0 Å². The molecule has 2 N–H and O–H groups in total. The molecule has 29 heavy (non-hydrogen) atoms. The summed E-state index contributed by atoms with van der Waals surface area (Å²) >= 11 is 0. The van der Waals surface area contributed by atoms with Crippen molar-refractivity contribution in [1.29, 1.82) is 5.26 Å². The first-order valence-corrected chi connectivity index (χ1v) is 8.94. The van der Waals surface area contributed by atoms with Crippen LogP contribution in [0.2, 0.25) is 0 Å². The average molecular weight is 394 g/mol. The van der Waals surface area contributed by atoms with Crippen LogP contribution in [0.4, 0.5) is 17.1 Å². The fourth-order valence-corrected chi connectivity index (χ4v) is 2.53. The standard InChI is InChI=1S/C20H18N4O5/c1-12(19(25)23-16-5-2-13(11-21)3-6-16)29-20(26)14-4-9-17(22-15-7-8-15)18(10-14)24(27)28/h2-6,9-10,12,15,22H,7-8H2,1H3,(H,23,25)/t12-/m1/s1. The number of nitro benzene ring substituents is 1. The van der Waals surface area contributed by atoms with Gasteiger partial charge in [0, 0.05) is 17.8 Å². The van der Waals surface area contributed by atoms with Crippen LogP contribution in [0.15, 0.2) is 42.5 Å². The van der Waals surface area contributed by atoms with Gasteiger partial charge in [0.2, 0.25) is 0 Å². The number of benzene rings is 2. The van der Waals surface area contributed by atoms with E-state index in [1.165, 1.54) is 19.1 Å². The first-order valence-electron chi connectivity index (χ1n) is 8.94. The molecule has 1 atom stereocenters. The molecule has 1 aliphatic rings. The fourth-order valence-electron chi connectivity index (χ4n) is 2.53. The maximum atomic E-state index is 12.3. The third-order valence-electron chi connectivity index (χ3n) is 4.30. The molecule has 3 rings (SSSR count). The number of nitrogens with one attached hydrogen (secondary N) is 2. The second-order valence-corrected chi connectivity index (χ2v) is 6.63. The Balaban J connectivity index is 1.65. The molecule has 0 spiro atoms. The van der Waals surface area contributed by atoms with Crippen LogP contribution < -0.4 is 10.6 Å². The number of carbonyl (C=O) groups is 2. The Morgan fingerprint density at radius 1 is 1.24 bits per heavy atom. The molecule has 0 radical (unpaired) electrons. The zero-order chi connectivity index (χ0) is 21.0. The Bertz CT molecular complexity index is 993. The first kappa shape index (κ1) is 19.8. The maximum Gasteiger partial charge on any atom is 0.339 e. The smallest absolute Gasteiger partial charge is 0.339 e. The predicted molar refractivity (Wildman–Crippen MR) is 104 cm³/mol. The van der Waals surface area contributed by atoms with Crippen molar-refractivity contribution in [3.8, 4) is 6.07 Å². The lowest BCUT2D eigenvalue weighted by Gasteiger charge is -2.14.